The summed E-state index contributed by atoms with van der Waals surface area (Å²) >= 11 is 0. The predicted octanol–water partition coefficient (Wildman–Crippen LogP) is 6.08. The van der Waals surface area contributed by atoms with Gasteiger partial charge in [-0.2, -0.15) is 0 Å². The van der Waals surface area contributed by atoms with Crippen molar-refractivity contribution in [3.8, 4) is 17.2 Å². The van der Waals surface area contributed by atoms with E-state index in [1.54, 1.807) is 30.7 Å². The number of hydrogen-bond acceptors (Lipinski definition) is 8. The fourth-order valence-electron chi connectivity index (χ4n) is 4.95. The van der Waals surface area contributed by atoms with E-state index in [4.69, 9.17) is 14.2 Å². The van der Waals surface area contributed by atoms with Crippen LogP contribution in [0.1, 0.15) is 35.5 Å². The van der Waals surface area contributed by atoms with E-state index in [9.17, 15) is 18.0 Å². The highest BCUT2D eigenvalue weighted by molar-refractivity contribution is 7.90. The van der Waals surface area contributed by atoms with Crippen LogP contribution in [0, 0.1) is 0 Å². The molecule has 0 aliphatic heterocycles. The first kappa shape index (κ1) is 32.0. The normalized spacial score (nSPS) is 12.2. The molecule has 0 aliphatic rings. The molecule has 1 amide bonds. The number of nitrogens with zero attached hydrogens (tertiary/aromatic N) is 2. The van der Waals surface area contributed by atoms with E-state index in [0.717, 1.165) is 17.4 Å². The Balaban J connectivity index is 1.44. The van der Waals surface area contributed by atoms with E-state index in [2.05, 4.69) is 17.2 Å². The van der Waals surface area contributed by atoms with Gasteiger partial charge in [-0.3, -0.25) is 4.79 Å². The molecule has 4 aromatic carbocycles. The van der Waals surface area contributed by atoms with Crippen LogP contribution in [-0.4, -0.2) is 49.3 Å². The van der Waals surface area contributed by atoms with Crippen LogP contribution in [0.15, 0.2) is 121 Å². The number of rotatable bonds is 11. The van der Waals surface area contributed by atoms with E-state index in [1.807, 2.05) is 65.2 Å². The maximum absolute atomic E-state index is 13.5. The second-order valence-electron chi connectivity index (χ2n) is 10.7. The van der Waals surface area contributed by atoms with E-state index in [1.165, 1.54) is 38.3 Å². The second kappa shape index (κ2) is 13.3. The zero-order valence-corrected chi connectivity index (χ0v) is 26.5. The molecule has 0 spiro atoms. The number of carbonyl (C=O) groups is 2. The maximum atomic E-state index is 13.5. The highest BCUT2D eigenvalue weighted by Crippen LogP contribution is 2.35. The zero-order valence-electron chi connectivity index (χ0n) is 25.7. The van der Waals surface area contributed by atoms with Gasteiger partial charge in [-0.1, -0.05) is 60.7 Å². The van der Waals surface area contributed by atoms with Gasteiger partial charge in [0.1, 0.15) is 22.9 Å². The lowest BCUT2D eigenvalue weighted by atomic mass is 9.84. The van der Waals surface area contributed by atoms with Gasteiger partial charge < -0.3 is 24.1 Å². The van der Waals surface area contributed by atoms with Gasteiger partial charge >= 0.3 is 5.97 Å². The molecule has 1 N–H and O–H groups in total. The minimum absolute atomic E-state index is 0.145. The second-order valence-corrected chi connectivity index (χ2v) is 12.8. The van der Waals surface area contributed by atoms with Crippen LogP contribution in [-0.2, 0) is 24.9 Å². The third kappa shape index (κ3) is 7.10. The molecule has 236 valence electrons. The standard InChI is InChI=1S/C35H33N3O7S/c1-24(34(40)43-3)44-29-19-27(20-30(21-29)45-28-15-17-31(18-16-28)46(4,41)42)37-33(39)32-22-38(23-36-32)35(2,25-11-7-5-8-12-25)26-13-9-6-10-14-26/h5-24H,1-4H3,(H,37,39)/t24-/m0/s1. The smallest absolute Gasteiger partial charge is 0.346 e. The Kier molecular flexibility index (Phi) is 9.24. The maximum Gasteiger partial charge on any atom is 0.346 e. The van der Waals surface area contributed by atoms with Gasteiger partial charge in [0.25, 0.3) is 5.91 Å². The van der Waals surface area contributed by atoms with Crippen molar-refractivity contribution in [2.75, 3.05) is 18.7 Å². The molecule has 5 rings (SSSR count). The van der Waals surface area contributed by atoms with Gasteiger partial charge in [-0.25, -0.2) is 18.2 Å². The molecular weight excluding hydrogens is 606 g/mol. The number of ether oxygens (including phenoxy) is 3. The number of aromatic nitrogens is 2. The number of esters is 1. The summed E-state index contributed by atoms with van der Waals surface area (Å²) in [5, 5.41) is 2.84. The molecule has 11 heteroatoms. The summed E-state index contributed by atoms with van der Waals surface area (Å²) in [6.45, 7) is 3.60. The van der Waals surface area contributed by atoms with Crippen LogP contribution >= 0.6 is 0 Å². The summed E-state index contributed by atoms with van der Waals surface area (Å²) in [6.07, 6.45) is 3.49. The molecule has 0 fully saturated rings. The van der Waals surface area contributed by atoms with Crippen LogP contribution < -0.4 is 14.8 Å². The highest BCUT2D eigenvalue weighted by Gasteiger charge is 2.31. The van der Waals surface area contributed by atoms with Crippen molar-refractivity contribution in [3.63, 3.8) is 0 Å². The average Bonchev–Trinajstić information content (AvgIpc) is 3.56. The van der Waals surface area contributed by atoms with Gasteiger partial charge in [0, 0.05) is 36.3 Å². The molecule has 10 nitrogen and oxygen atoms in total. The Labute approximate surface area is 267 Å². The fraction of sp³-hybridized carbons (Fsp3) is 0.171. The van der Waals surface area contributed by atoms with Crippen LogP contribution in [0.3, 0.4) is 0 Å². The molecule has 5 aromatic rings. The van der Waals surface area contributed by atoms with E-state index >= 15 is 0 Å². The Morgan fingerprint density at radius 1 is 0.848 bits per heavy atom. The molecule has 0 unspecified atom stereocenters. The minimum atomic E-state index is -3.38. The van der Waals surface area contributed by atoms with Crippen LogP contribution in [0.4, 0.5) is 5.69 Å². The van der Waals surface area contributed by atoms with Crippen LogP contribution in [0.25, 0.3) is 0 Å². The Morgan fingerprint density at radius 3 is 2.00 bits per heavy atom. The number of anilines is 1. The lowest BCUT2D eigenvalue weighted by molar-refractivity contribution is -0.147. The molecule has 0 aliphatic carbocycles. The first-order chi connectivity index (χ1) is 22.0. The number of hydrogen-bond donors (Lipinski definition) is 1. The summed E-state index contributed by atoms with van der Waals surface area (Å²) in [6, 6.07) is 30.5. The number of imidazole rings is 1. The predicted molar refractivity (Wildman–Crippen MR) is 173 cm³/mol. The Morgan fingerprint density at radius 2 is 1.43 bits per heavy atom. The van der Waals surface area contributed by atoms with Crippen molar-refractivity contribution in [2.24, 2.45) is 0 Å². The largest absolute Gasteiger partial charge is 0.479 e. The molecule has 1 aromatic heterocycles. The van der Waals surface area contributed by atoms with Crippen molar-refractivity contribution in [3.05, 3.63) is 132 Å². The van der Waals surface area contributed by atoms with Crippen molar-refractivity contribution in [1.29, 1.82) is 0 Å². The zero-order chi connectivity index (χ0) is 32.9. The van der Waals surface area contributed by atoms with Crippen molar-refractivity contribution < 1.29 is 32.2 Å². The summed E-state index contributed by atoms with van der Waals surface area (Å²) < 4.78 is 42.1. The Hall–Kier alpha value is -5.42. The molecule has 0 radical (unpaired) electrons. The number of carbonyl (C=O) groups excluding carboxylic acids is 2. The molecule has 0 saturated carbocycles. The topological polar surface area (TPSA) is 126 Å². The first-order valence-corrected chi connectivity index (χ1v) is 16.2. The third-order valence-corrected chi connectivity index (χ3v) is 8.60. The van der Waals surface area contributed by atoms with Gasteiger partial charge in [0.05, 0.1) is 23.9 Å². The molecular formula is C35H33N3O7S. The number of amides is 1. The summed E-state index contributed by atoms with van der Waals surface area (Å²) in [5.74, 6) is -0.224. The molecule has 1 atom stereocenters. The lowest BCUT2D eigenvalue weighted by Crippen LogP contribution is -2.32. The van der Waals surface area contributed by atoms with Crippen LogP contribution in [0.2, 0.25) is 0 Å². The number of benzene rings is 4. The van der Waals surface area contributed by atoms with Gasteiger partial charge in [0.15, 0.2) is 15.9 Å². The summed E-state index contributed by atoms with van der Waals surface area (Å²) in [5.41, 5.74) is 1.86. The van der Waals surface area contributed by atoms with Gasteiger partial charge in [-0.15, -0.1) is 0 Å². The van der Waals surface area contributed by atoms with Crippen molar-refractivity contribution >= 4 is 27.4 Å². The molecule has 0 bridgehead atoms. The third-order valence-electron chi connectivity index (χ3n) is 7.47. The monoisotopic (exact) mass is 639 g/mol. The van der Waals surface area contributed by atoms with Gasteiger partial charge in [0.2, 0.25) is 0 Å². The van der Waals surface area contributed by atoms with Crippen LogP contribution in [0.5, 0.6) is 17.2 Å². The van der Waals surface area contributed by atoms with E-state index in [0.29, 0.717) is 11.4 Å². The SMILES string of the molecule is COC(=O)[C@H](C)Oc1cc(NC(=O)c2cn(C(C)(c3ccccc3)c3ccccc3)cn2)cc(Oc2ccc(S(C)(=O)=O)cc2)c1. The van der Waals surface area contributed by atoms with E-state index < -0.39 is 33.4 Å². The van der Waals surface area contributed by atoms with Crippen molar-refractivity contribution in [1.82, 2.24) is 9.55 Å². The number of sulfone groups is 1. The Bertz CT molecular complexity index is 1900. The number of nitrogens with one attached hydrogen (secondary N) is 1. The quantitative estimate of drug-likeness (QED) is 0.172. The van der Waals surface area contributed by atoms with Crippen molar-refractivity contribution in [2.45, 2.75) is 30.4 Å². The molecule has 0 saturated heterocycles. The fourth-order valence-corrected chi connectivity index (χ4v) is 5.58. The number of methoxy groups -OCH3 is 1. The average molecular weight is 640 g/mol. The van der Waals surface area contributed by atoms with Gasteiger partial charge in [-0.05, 0) is 49.2 Å². The molecule has 46 heavy (non-hydrogen) atoms. The highest BCUT2D eigenvalue weighted by atomic mass is 32.2. The minimum Gasteiger partial charge on any atom is -0.479 e. The lowest BCUT2D eigenvalue weighted by Gasteiger charge is -2.32. The summed E-state index contributed by atoms with van der Waals surface area (Å²) in [4.78, 5) is 30.1. The van der Waals surface area contributed by atoms with E-state index in [-0.39, 0.29) is 22.1 Å². The summed E-state index contributed by atoms with van der Waals surface area (Å²) in [7, 11) is -2.13. The molecule has 1 heterocycles. The first-order valence-electron chi connectivity index (χ1n) is 14.3.